The molecule has 0 saturated heterocycles. The van der Waals surface area contributed by atoms with Gasteiger partial charge in [0.1, 0.15) is 0 Å². The molecule has 0 aliphatic heterocycles. The molecule has 25 heavy (non-hydrogen) atoms. The van der Waals surface area contributed by atoms with E-state index in [9.17, 15) is 19.7 Å². The van der Waals surface area contributed by atoms with Crippen LogP contribution in [0.25, 0.3) is 0 Å². The van der Waals surface area contributed by atoms with Crippen LogP contribution in [0.4, 0.5) is 5.69 Å². The van der Waals surface area contributed by atoms with Crippen molar-refractivity contribution < 1.29 is 36.1 Å². The Morgan fingerprint density at radius 1 is 1.12 bits per heavy atom. The van der Waals surface area contributed by atoms with Crippen molar-refractivity contribution in [3.05, 3.63) is 70.0 Å². The van der Waals surface area contributed by atoms with E-state index < -0.39 is 4.92 Å². The van der Waals surface area contributed by atoms with E-state index in [0.29, 0.717) is 5.56 Å². The smallest absolute Gasteiger partial charge is 0.270 e. The first-order valence-electron chi connectivity index (χ1n) is 7.31. The molecule has 0 amide bonds. The third-order valence-electron chi connectivity index (χ3n) is 3.35. The summed E-state index contributed by atoms with van der Waals surface area (Å²) in [6.45, 7) is 0.285. The Labute approximate surface area is 155 Å². The zero-order valence-corrected chi connectivity index (χ0v) is 15.5. The highest BCUT2D eigenvalue weighted by Crippen LogP contribution is 2.13. The van der Waals surface area contributed by atoms with Gasteiger partial charge in [0, 0.05) is 23.8 Å². The summed E-state index contributed by atoms with van der Waals surface area (Å²) in [5.41, 5.74) is 0.653. The van der Waals surface area contributed by atoms with Gasteiger partial charge in [-0.15, -0.1) is 0 Å². The highest BCUT2D eigenvalue weighted by molar-refractivity contribution is 5.97. The molecule has 0 saturated carbocycles. The minimum absolute atomic E-state index is 0. The summed E-state index contributed by atoms with van der Waals surface area (Å²) in [4.78, 5) is 36.4. The Bertz CT molecular complexity index is 793. The Balaban J connectivity index is 0.00000312. The average molecular weight is 408 g/mol. The summed E-state index contributed by atoms with van der Waals surface area (Å²) in [5, 5.41) is 10.8. The minimum atomic E-state index is -0.537. The van der Waals surface area contributed by atoms with Crippen LogP contribution in [-0.2, 0) is 6.54 Å². The second-order valence-electron chi connectivity index (χ2n) is 5.66. The van der Waals surface area contributed by atoms with Crippen LogP contribution in [0.3, 0.4) is 0 Å². The summed E-state index contributed by atoms with van der Waals surface area (Å²) < 4.78 is 1.60. The highest BCUT2D eigenvalue weighted by atomic mass is 79.9. The number of non-ortho nitro benzene ring substituents is 1. The molecule has 0 aliphatic rings. The van der Waals surface area contributed by atoms with Crippen LogP contribution < -0.4 is 21.5 Å². The molecule has 7 nitrogen and oxygen atoms in total. The molecule has 0 spiro atoms. The van der Waals surface area contributed by atoms with E-state index >= 15 is 0 Å². The van der Waals surface area contributed by atoms with Gasteiger partial charge in [0.15, 0.2) is 18.2 Å². The molecule has 0 aliphatic carbocycles. The maximum atomic E-state index is 12.3. The second kappa shape index (κ2) is 9.14. The fraction of sp³-hybridized carbons (Fsp3) is 0.235. The third kappa shape index (κ3) is 5.84. The van der Waals surface area contributed by atoms with E-state index in [1.54, 1.807) is 48.1 Å². The van der Waals surface area contributed by atoms with Crippen LogP contribution in [0.15, 0.2) is 48.8 Å². The molecule has 1 heterocycles. The number of nitro benzene ring substituents is 1. The molecule has 1 aromatic carbocycles. The number of likely N-dealkylation sites (N-methyl/N-ethyl adjacent to an activating group) is 1. The highest BCUT2D eigenvalue weighted by Gasteiger charge is 2.17. The molecule has 0 N–H and O–H groups in total. The Morgan fingerprint density at radius 3 is 2.44 bits per heavy atom. The van der Waals surface area contributed by atoms with Crippen molar-refractivity contribution in [1.82, 2.24) is 4.90 Å². The van der Waals surface area contributed by atoms with Crippen molar-refractivity contribution in [2.75, 3.05) is 20.6 Å². The number of Topliss-reactive ketones (excluding diaryl/α,β-unsaturated/α-hetero) is 2. The standard InChI is InChI=1S/C17H18N3O4.BrH/c1-18(2)11-16(21)14-6-4-8-19(10-14)12-17(22)13-5-3-7-15(9-13)20(23)24;/h3-10H,11-12H2,1-2H3;1H/q+1;/p-1. The molecule has 2 aromatic rings. The number of pyridine rings is 1. The monoisotopic (exact) mass is 407 g/mol. The average Bonchev–Trinajstić information content (AvgIpc) is 2.54. The van der Waals surface area contributed by atoms with Gasteiger partial charge in [-0.2, -0.15) is 4.57 Å². The molecule has 0 unspecified atom stereocenters. The predicted molar refractivity (Wildman–Crippen MR) is 86.9 cm³/mol. The lowest BCUT2D eigenvalue weighted by atomic mass is 10.1. The van der Waals surface area contributed by atoms with Gasteiger partial charge in [0.05, 0.1) is 17.0 Å². The van der Waals surface area contributed by atoms with Crippen LogP contribution >= 0.6 is 0 Å². The summed E-state index contributed by atoms with van der Waals surface area (Å²) in [6.07, 6.45) is 3.29. The van der Waals surface area contributed by atoms with Gasteiger partial charge < -0.3 is 21.9 Å². The zero-order valence-electron chi connectivity index (χ0n) is 13.9. The normalized spacial score (nSPS) is 10.2. The number of hydrogen-bond acceptors (Lipinski definition) is 5. The Kier molecular flexibility index (Phi) is 7.53. The molecule has 0 bridgehead atoms. The van der Waals surface area contributed by atoms with Crippen molar-refractivity contribution in [2.45, 2.75) is 6.54 Å². The van der Waals surface area contributed by atoms with Crippen LogP contribution in [0.2, 0.25) is 0 Å². The minimum Gasteiger partial charge on any atom is -1.00 e. The second-order valence-corrected chi connectivity index (χ2v) is 5.66. The number of aromatic nitrogens is 1. The summed E-state index contributed by atoms with van der Waals surface area (Å²) in [5.74, 6) is -0.307. The number of carbonyl (C=O) groups excluding carboxylic acids is 2. The first-order chi connectivity index (χ1) is 11.4. The molecule has 132 valence electrons. The lowest BCUT2D eigenvalue weighted by molar-refractivity contribution is -0.683. The van der Waals surface area contributed by atoms with Gasteiger partial charge in [-0.3, -0.25) is 19.7 Å². The van der Waals surface area contributed by atoms with Crippen LogP contribution in [-0.4, -0.2) is 42.0 Å². The van der Waals surface area contributed by atoms with Crippen LogP contribution in [0, 0.1) is 10.1 Å². The molecule has 1 aromatic heterocycles. The third-order valence-corrected chi connectivity index (χ3v) is 3.35. The fourth-order valence-corrected chi connectivity index (χ4v) is 2.21. The van der Waals surface area contributed by atoms with Gasteiger partial charge in [-0.1, -0.05) is 12.1 Å². The molecule has 8 heteroatoms. The Hall–Kier alpha value is -2.45. The quantitative estimate of drug-likeness (QED) is 0.241. The lowest BCUT2D eigenvalue weighted by Gasteiger charge is -2.07. The van der Waals surface area contributed by atoms with Crippen LogP contribution in [0.5, 0.6) is 0 Å². The maximum Gasteiger partial charge on any atom is 0.270 e. The molecular formula is C17H18BrN3O4. The number of halogens is 1. The Morgan fingerprint density at radius 2 is 1.80 bits per heavy atom. The number of rotatable bonds is 7. The van der Waals surface area contributed by atoms with E-state index in [0.717, 1.165) is 0 Å². The SMILES string of the molecule is CN(C)CC(=O)c1ccc[n+](CC(=O)c2cccc([N+](=O)[O-])c2)c1.[Br-]. The van der Waals surface area contributed by atoms with Crippen molar-refractivity contribution in [2.24, 2.45) is 0 Å². The van der Waals surface area contributed by atoms with Crippen molar-refractivity contribution >= 4 is 17.3 Å². The van der Waals surface area contributed by atoms with Crippen LogP contribution in [0.1, 0.15) is 20.7 Å². The number of carbonyl (C=O) groups is 2. The van der Waals surface area contributed by atoms with Gasteiger partial charge in [0.25, 0.3) is 5.69 Å². The molecular weight excluding hydrogens is 390 g/mol. The van der Waals surface area contributed by atoms with E-state index in [4.69, 9.17) is 0 Å². The lowest BCUT2D eigenvalue weighted by Crippen LogP contribution is -3.00. The number of nitrogens with zero attached hydrogens (tertiary/aromatic N) is 3. The number of hydrogen-bond donors (Lipinski definition) is 0. The number of ketones is 2. The zero-order chi connectivity index (χ0) is 17.7. The van der Waals surface area contributed by atoms with E-state index in [1.165, 1.54) is 24.3 Å². The van der Waals surface area contributed by atoms with Gasteiger partial charge in [0.2, 0.25) is 12.3 Å². The molecule has 2 rings (SSSR count). The molecule has 0 radical (unpaired) electrons. The fourth-order valence-electron chi connectivity index (χ4n) is 2.21. The van der Waals surface area contributed by atoms with Gasteiger partial charge in [-0.05, 0) is 20.2 Å². The van der Waals surface area contributed by atoms with E-state index in [1.807, 2.05) is 0 Å². The van der Waals surface area contributed by atoms with Crippen molar-refractivity contribution in [3.8, 4) is 0 Å². The number of benzene rings is 1. The first-order valence-corrected chi connectivity index (χ1v) is 7.31. The maximum absolute atomic E-state index is 12.3. The molecule has 0 fully saturated rings. The van der Waals surface area contributed by atoms with Crippen molar-refractivity contribution in [3.63, 3.8) is 0 Å². The predicted octanol–water partition coefficient (Wildman–Crippen LogP) is -1.49. The summed E-state index contributed by atoms with van der Waals surface area (Å²) in [7, 11) is 3.61. The topological polar surface area (TPSA) is 84.4 Å². The summed E-state index contributed by atoms with van der Waals surface area (Å²) >= 11 is 0. The van der Waals surface area contributed by atoms with Crippen molar-refractivity contribution in [1.29, 1.82) is 0 Å². The van der Waals surface area contributed by atoms with E-state index in [2.05, 4.69) is 0 Å². The first kappa shape index (κ1) is 20.6. The summed E-state index contributed by atoms with van der Waals surface area (Å²) in [6, 6.07) is 9.00. The van der Waals surface area contributed by atoms with Gasteiger partial charge in [-0.25, -0.2) is 0 Å². The largest absolute Gasteiger partial charge is 1.00 e. The number of nitro groups is 1. The molecule has 0 atom stereocenters. The van der Waals surface area contributed by atoms with E-state index in [-0.39, 0.29) is 52.9 Å². The van der Waals surface area contributed by atoms with Gasteiger partial charge >= 0.3 is 0 Å².